The van der Waals surface area contributed by atoms with E-state index >= 15 is 0 Å². The predicted molar refractivity (Wildman–Crippen MR) is 72.8 cm³/mol. The van der Waals surface area contributed by atoms with Crippen molar-refractivity contribution in [2.24, 2.45) is 0 Å². The van der Waals surface area contributed by atoms with Crippen LogP contribution >= 0.6 is 0 Å². The summed E-state index contributed by atoms with van der Waals surface area (Å²) in [7, 11) is 0. The van der Waals surface area contributed by atoms with Crippen molar-refractivity contribution >= 4 is 0 Å². The Morgan fingerprint density at radius 3 is 2.50 bits per heavy atom. The van der Waals surface area contributed by atoms with E-state index in [1.165, 1.54) is 12.1 Å². The van der Waals surface area contributed by atoms with Crippen LogP contribution in [0.2, 0.25) is 0 Å². The Labute approximate surface area is 108 Å². The molecule has 0 fully saturated rings. The molecule has 1 aromatic carbocycles. The average Bonchev–Trinajstić information content (AvgIpc) is 2.36. The fourth-order valence-corrected chi connectivity index (χ4v) is 1.81. The first-order chi connectivity index (χ1) is 8.67. The van der Waals surface area contributed by atoms with Gasteiger partial charge in [-0.2, -0.15) is 0 Å². The third-order valence-electron chi connectivity index (χ3n) is 2.73. The minimum Gasteiger partial charge on any atom is -0.388 e. The van der Waals surface area contributed by atoms with Gasteiger partial charge in [-0.15, -0.1) is 13.2 Å². The highest BCUT2D eigenvalue weighted by molar-refractivity contribution is 5.18. The maximum Gasteiger partial charge on any atom is 0.123 e. The monoisotopic (exact) mass is 249 g/mol. The number of nitrogens with zero attached hydrogens (tertiary/aromatic N) is 1. The van der Waals surface area contributed by atoms with Crippen molar-refractivity contribution in [2.75, 3.05) is 19.6 Å². The summed E-state index contributed by atoms with van der Waals surface area (Å²) in [5.41, 5.74) is 0.618. The quantitative estimate of drug-likeness (QED) is 0.716. The van der Waals surface area contributed by atoms with Crippen LogP contribution in [0.5, 0.6) is 0 Å². The molecule has 1 rings (SSSR count). The second kappa shape index (κ2) is 7.80. The van der Waals surface area contributed by atoms with Gasteiger partial charge in [-0.05, 0) is 24.1 Å². The summed E-state index contributed by atoms with van der Waals surface area (Å²) in [6.45, 7) is 9.60. The number of halogens is 1. The molecule has 2 nitrogen and oxygen atoms in total. The summed E-state index contributed by atoms with van der Waals surface area (Å²) in [6.07, 6.45) is 3.55. The lowest BCUT2D eigenvalue weighted by molar-refractivity contribution is 0.148. The molecule has 0 bridgehead atoms. The van der Waals surface area contributed by atoms with E-state index in [9.17, 15) is 9.50 Å². The van der Waals surface area contributed by atoms with Gasteiger partial charge in [0.05, 0.1) is 6.10 Å². The molecule has 1 N–H and O–H groups in total. The maximum atomic E-state index is 13.0. The van der Waals surface area contributed by atoms with Gasteiger partial charge < -0.3 is 5.11 Å². The standard InChI is InChI=1S/C15H20FNO/c1-3-9-17(10-4-2)11-8-15(18)13-6-5-7-14(16)12-13/h3-7,12,15,18H,1-2,8-11H2. The molecular weight excluding hydrogens is 229 g/mol. The van der Waals surface area contributed by atoms with Crippen LogP contribution in [0.1, 0.15) is 18.1 Å². The van der Waals surface area contributed by atoms with Gasteiger partial charge in [0.15, 0.2) is 0 Å². The van der Waals surface area contributed by atoms with E-state index in [1.54, 1.807) is 12.1 Å². The van der Waals surface area contributed by atoms with E-state index in [-0.39, 0.29) is 5.82 Å². The summed E-state index contributed by atoms with van der Waals surface area (Å²) >= 11 is 0. The Morgan fingerprint density at radius 2 is 1.94 bits per heavy atom. The lowest BCUT2D eigenvalue weighted by atomic mass is 10.1. The SMILES string of the molecule is C=CCN(CC=C)CCC(O)c1cccc(F)c1. The average molecular weight is 249 g/mol. The van der Waals surface area contributed by atoms with Gasteiger partial charge >= 0.3 is 0 Å². The highest BCUT2D eigenvalue weighted by Gasteiger charge is 2.10. The molecular formula is C15H20FNO. The van der Waals surface area contributed by atoms with Crippen LogP contribution in [-0.2, 0) is 0 Å². The van der Waals surface area contributed by atoms with E-state index in [4.69, 9.17) is 0 Å². The van der Waals surface area contributed by atoms with E-state index in [2.05, 4.69) is 18.1 Å². The molecule has 0 aliphatic carbocycles. The van der Waals surface area contributed by atoms with Crippen molar-refractivity contribution in [1.29, 1.82) is 0 Å². The van der Waals surface area contributed by atoms with Gasteiger partial charge in [-0.1, -0.05) is 24.3 Å². The van der Waals surface area contributed by atoms with Gasteiger partial charge in [-0.3, -0.25) is 4.90 Å². The Bertz CT molecular complexity index is 382. The fourth-order valence-electron chi connectivity index (χ4n) is 1.81. The molecule has 1 unspecified atom stereocenters. The fraction of sp³-hybridized carbons (Fsp3) is 0.333. The zero-order valence-corrected chi connectivity index (χ0v) is 10.6. The molecule has 0 heterocycles. The van der Waals surface area contributed by atoms with Crippen LogP contribution in [0.15, 0.2) is 49.6 Å². The first kappa shape index (κ1) is 14.6. The van der Waals surface area contributed by atoms with Gasteiger partial charge in [0.2, 0.25) is 0 Å². The van der Waals surface area contributed by atoms with E-state index < -0.39 is 6.10 Å². The van der Waals surface area contributed by atoms with E-state index in [0.717, 1.165) is 19.6 Å². The summed E-state index contributed by atoms with van der Waals surface area (Å²) in [4.78, 5) is 2.11. The van der Waals surface area contributed by atoms with Crippen molar-refractivity contribution in [3.05, 3.63) is 61.0 Å². The first-order valence-corrected chi connectivity index (χ1v) is 6.05. The van der Waals surface area contributed by atoms with Crippen molar-refractivity contribution in [3.8, 4) is 0 Å². The van der Waals surface area contributed by atoms with Crippen molar-refractivity contribution in [1.82, 2.24) is 4.90 Å². The van der Waals surface area contributed by atoms with Crippen molar-refractivity contribution < 1.29 is 9.50 Å². The molecule has 1 atom stereocenters. The highest BCUT2D eigenvalue weighted by Crippen LogP contribution is 2.17. The Kier molecular flexibility index (Phi) is 6.33. The number of aliphatic hydroxyl groups excluding tert-OH is 1. The molecule has 18 heavy (non-hydrogen) atoms. The topological polar surface area (TPSA) is 23.5 Å². The van der Waals surface area contributed by atoms with Gasteiger partial charge in [0.1, 0.15) is 5.82 Å². The Balaban J connectivity index is 2.50. The summed E-state index contributed by atoms with van der Waals surface area (Å²) in [5.74, 6) is -0.319. The molecule has 0 aromatic heterocycles. The van der Waals surface area contributed by atoms with E-state index in [0.29, 0.717) is 12.0 Å². The summed E-state index contributed by atoms with van der Waals surface area (Å²) < 4.78 is 13.0. The molecule has 0 spiro atoms. The van der Waals surface area contributed by atoms with Crippen LogP contribution in [0.25, 0.3) is 0 Å². The third kappa shape index (κ3) is 4.82. The van der Waals surface area contributed by atoms with Gasteiger partial charge in [0.25, 0.3) is 0 Å². The summed E-state index contributed by atoms with van der Waals surface area (Å²) in [5, 5.41) is 9.99. The minimum absolute atomic E-state index is 0.319. The lowest BCUT2D eigenvalue weighted by Crippen LogP contribution is -2.26. The number of rotatable bonds is 8. The zero-order chi connectivity index (χ0) is 13.4. The Hall–Kier alpha value is -1.45. The van der Waals surface area contributed by atoms with Crippen LogP contribution in [0.4, 0.5) is 4.39 Å². The largest absolute Gasteiger partial charge is 0.388 e. The van der Waals surface area contributed by atoms with Crippen molar-refractivity contribution in [2.45, 2.75) is 12.5 Å². The molecule has 1 aromatic rings. The minimum atomic E-state index is -0.641. The van der Waals surface area contributed by atoms with Crippen LogP contribution in [0, 0.1) is 5.82 Å². The van der Waals surface area contributed by atoms with Gasteiger partial charge in [0, 0.05) is 19.6 Å². The number of hydrogen-bond acceptors (Lipinski definition) is 2. The second-order valence-electron chi connectivity index (χ2n) is 4.20. The smallest absolute Gasteiger partial charge is 0.123 e. The molecule has 0 saturated carbocycles. The van der Waals surface area contributed by atoms with Crippen molar-refractivity contribution in [3.63, 3.8) is 0 Å². The molecule has 0 amide bonds. The van der Waals surface area contributed by atoms with Crippen LogP contribution in [0.3, 0.4) is 0 Å². The maximum absolute atomic E-state index is 13.0. The number of benzene rings is 1. The lowest BCUT2D eigenvalue weighted by Gasteiger charge is -2.20. The summed E-state index contributed by atoms with van der Waals surface area (Å²) in [6, 6.07) is 6.09. The van der Waals surface area contributed by atoms with Gasteiger partial charge in [-0.25, -0.2) is 4.39 Å². The Morgan fingerprint density at radius 1 is 1.28 bits per heavy atom. The molecule has 0 aliphatic rings. The molecule has 98 valence electrons. The second-order valence-corrected chi connectivity index (χ2v) is 4.20. The first-order valence-electron chi connectivity index (χ1n) is 6.05. The number of hydrogen-bond donors (Lipinski definition) is 1. The van der Waals surface area contributed by atoms with Crippen LogP contribution in [-0.4, -0.2) is 29.6 Å². The highest BCUT2D eigenvalue weighted by atomic mass is 19.1. The molecule has 0 radical (unpaired) electrons. The zero-order valence-electron chi connectivity index (χ0n) is 10.6. The third-order valence-corrected chi connectivity index (χ3v) is 2.73. The predicted octanol–water partition coefficient (Wildman–Crippen LogP) is 2.92. The normalized spacial score (nSPS) is 12.4. The van der Waals surface area contributed by atoms with Crippen LogP contribution < -0.4 is 0 Å². The molecule has 0 saturated heterocycles. The molecule has 0 aliphatic heterocycles. The van der Waals surface area contributed by atoms with E-state index in [1.807, 2.05) is 12.2 Å². The number of aliphatic hydroxyl groups is 1. The molecule has 3 heteroatoms.